The Hall–Kier alpha value is -2.46. The first-order valence-electron chi connectivity index (χ1n) is 20.7. The van der Waals surface area contributed by atoms with E-state index in [2.05, 4.69) is 90.9 Å². The fraction of sp³-hybridized carbons (Fsp3) is 0.698. The van der Waals surface area contributed by atoms with E-state index in [1.54, 1.807) is 0 Å². The molecule has 1 heterocycles. The molecule has 4 N–H and O–H groups in total. The van der Waals surface area contributed by atoms with Gasteiger partial charge in [-0.2, -0.15) is 8.42 Å². The predicted molar refractivity (Wildman–Crippen MR) is 220 cm³/mol. The van der Waals surface area contributed by atoms with Crippen LogP contribution in [-0.4, -0.2) is 97.5 Å². The van der Waals surface area contributed by atoms with Gasteiger partial charge in [0.15, 0.2) is 6.29 Å². The second-order valence-corrected chi connectivity index (χ2v) is 14.9. The van der Waals surface area contributed by atoms with Crippen LogP contribution in [0.5, 0.6) is 0 Å². The minimum Gasteiger partial charge on any atom is -0.457 e. The summed E-state index contributed by atoms with van der Waals surface area (Å²) in [6.07, 6.45) is 33.8. The summed E-state index contributed by atoms with van der Waals surface area (Å²) in [4.78, 5) is 12.8. The van der Waals surface area contributed by atoms with Gasteiger partial charge in [-0.3, -0.25) is 9.35 Å². The molecular formula is C43H72O12S. The molecule has 0 aromatic carbocycles. The molecule has 0 aromatic rings. The normalized spacial score (nSPS) is 21.6. The number of carbonyl (C=O) groups excluding carboxylic acids is 1. The van der Waals surface area contributed by atoms with Crippen molar-refractivity contribution in [1.29, 1.82) is 0 Å². The van der Waals surface area contributed by atoms with E-state index in [1.807, 2.05) is 0 Å². The second-order valence-electron chi connectivity index (χ2n) is 13.8. The SMILES string of the molecule is CC/C=C\C/C=C\C/C=C\C/C=C\CCCOCC(COC1OC(CO)C(O)C(OS(=O)(=O)O)C1O)OC(=O)CCCCCCC/C=C\C/C=C\CCCCC. The first-order chi connectivity index (χ1) is 27.1. The van der Waals surface area contributed by atoms with Crippen LogP contribution in [0.2, 0.25) is 0 Å². The molecule has 0 bridgehead atoms. The van der Waals surface area contributed by atoms with Crippen molar-refractivity contribution < 1.29 is 56.2 Å². The number of ether oxygens (including phenoxy) is 4. The molecule has 6 unspecified atom stereocenters. The summed E-state index contributed by atoms with van der Waals surface area (Å²) < 4.78 is 58.8. The van der Waals surface area contributed by atoms with Crippen LogP contribution in [0, 0.1) is 0 Å². The molecule has 0 saturated carbocycles. The number of unbranched alkanes of at least 4 members (excludes halogenated alkanes) is 9. The molecule has 1 aliphatic rings. The van der Waals surface area contributed by atoms with Gasteiger partial charge in [-0.25, -0.2) is 4.18 Å². The van der Waals surface area contributed by atoms with E-state index in [1.165, 1.54) is 19.3 Å². The second kappa shape index (κ2) is 34.6. The van der Waals surface area contributed by atoms with Gasteiger partial charge in [0.2, 0.25) is 0 Å². The summed E-state index contributed by atoms with van der Waals surface area (Å²) in [5, 5.41) is 30.6. The maximum atomic E-state index is 12.8. The van der Waals surface area contributed by atoms with Crippen molar-refractivity contribution in [2.45, 2.75) is 166 Å². The smallest absolute Gasteiger partial charge is 0.397 e. The van der Waals surface area contributed by atoms with E-state index in [0.29, 0.717) is 13.0 Å². The maximum absolute atomic E-state index is 12.8. The zero-order valence-electron chi connectivity index (χ0n) is 33.9. The Morgan fingerprint density at radius 3 is 1.80 bits per heavy atom. The van der Waals surface area contributed by atoms with Gasteiger partial charge in [0.1, 0.15) is 30.5 Å². The largest absolute Gasteiger partial charge is 0.457 e. The Morgan fingerprint density at radius 1 is 0.696 bits per heavy atom. The molecule has 0 aromatic heterocycles. The lowest BCUT2D eigenvalue weighted by atomic mass is 9.99. The number of hydrogen-bond donors (Lipinski definition) is 4. The highest BCUT2D eigenvalue weighted by atomic mass is 32.3. The topological polar surface area (TPSA) is 178 Å². The van der Waals surface area contributed by atoms with Crippen LogP contribution in [0.1, 0.15) is 129 Å². The summed E-state index contributed by atoms with van der Waals surface area (Å²) in [6, 6.07) is 0. The average molecular weight is 813 g/mol. The fourth-order valence-corrected chi connectivity index (χ4v) is 6.21. The molecule has 0 radical (unpaired) electrons. The number of carbonyl (C=O) groups is 1. The summed E-state index contributed by atoms with van der Waals surface area (Å²) in [7, 11) is -5.07. The van der Waals surface area contributed by atoms with Gasteiger partial charge in [0.25, 0.3) is 0 Å². The van der Waals surface area contributed by atoms with Gasteiger partial charge >= 0.3 is 16.4 Å². The van der Waals surface area contributed by atoms with Crippen LogP contribution in [0.4, 0.5) is 0 Å². The van der Waals surface area contributed by atoms with Gasteiger partial charge < -0.3 is 34.3 Å². The van der Waals surface area contributed by atoms with Crippen molar-refractivity contribution in [3.05, 3.63) is 72.9 Å². The van der Waals surface area contributed by atoms with Crippen molar-refractivity contribution in [2.24, 2.45) is 0 Å². The van der Waals surface area contributed by atoms with Gasteiger partial charge in [0, 0.05) is 13.0 Å². The molecular weight excluding hydrogens is 741 g/mol. The Labute approximate surface area is 337 Å². The highest BCUT2D eigenvalue weighted by Gasteiger charge is 2.48. The lowest BCUT2D eigenvalue weighted by molar-refractivity contribution is -0.301. The van der Waals surface area contributed by atoms with Crippen molar-refractivity contribution in [3.63, 3.8) is 0 Å². The number of aliphatic hydroxyl groups excluding tert-OH is 3. The van der Waals surface area contributed by atoms with E-state index in [-0.39, 0.29) is 19.6 Å². The van der Waals surface area contributed by atoms with Crippen molar-refractivity contribution in [1.82, 2.24) is 0 Å². The maximum Gasteiger partial charge on any atom is 0.397 e. The van der Waals surface area contributed by atoms with Crippen molar-refractivity contribution >= 4 is 16.4 Å². The molecule has 0 aliphatic carbocycles. The minimum atomic E-state index is -5.07. The summed E-state index contributed by atoms with van der Waals surface area (Å²) >= 11 is 0. The van der Waals surface area contributed by atoms with E-state index < -0.39 is 59.8 Å². The first kappa shape index (κ1) is 51.6. The van der Waals surface area contributed by atoms with Crippen molar-refractivity contribution in [3.8, 4) is 0 Å². The predicted octanol–water partition coefficient (Wildman–Crippen LogP) is 7.96. The first-order valence-corrected chi connectivity index (χ1v) is 22.1. The van der Waals surface area contributed by atoms with Crippen LogP contribution in [0.15, 0.2) is 72.9 Å². The van der Waals surface area contributed by atoms with Crippen LogP contribution in [-0.2, 0) is 38.3 Å². The van der Waals surface area contributed by atoms with Crippen LogP contribution >= 0.6 is 0 Å². The average Bonchev–Trinajstić information content (AvgIpc) is 3.17. The summed E-state index contributed by atoms with van der Waals surface area (Å²) in [5.41, 5.74) is 0. The van der Waals surface area contributed by atoms with E-state index in [9.17, 15) is 28.5 Å². The molecule has 1 fully saturated rings. The fourth-order valence-electron chi connectivity index (χ4n) is 5.70. The summed E-state index contributed by atoms with van der Waals surface area (Å²) in [6.45, 7) is 3.65. The number of aliphatic hydroxyl groups is 3. The molecule has 1 saturated heterocycles. The molecule has 0 amide bonds. The summed E-state index contributed by atoms with van der Waals surface area (Å²) in [5.74, 6) is -0.436. The molecule has 322 valence electrons. The highest BCUT2D eigenvalue weighted by molar-refractivity contribution is 7.80. The Kier molecular flexibility index (Phi) is 31.8. The van der Waals surface area contributed by atoms with Crippen LogP contribution < -0.4 is 0 Å². The van der Waals surface area contributed by atoms with Gasteiger partial charge in [-0.15, -0.1) is 0 Å². The lowest BCUT2D eigenvalue weighted by Gasteiger charge is -2.41. The van der Waals surface area contributed by atoms with Crippen LogP contribution in [0.25, 0.3) is 0 Å². The Bertz CT molecular complexity index is 1260. The third kappa shape index (κ3) is 28.0. The third-order valence-corrected chi connectivity index (χ3v) is 9.28. The molecule has 56 heavy (non-hydrogen) atoms. The van der Waals surface area contributed by atoms with Crippen molar-refractivity contribution in [2.75, 3.05) is 26.4 Å². The zero-order chi connectivity index (χ0) is 41.1. The molecule has 1 aliphatic heterocycles. The van der Waals surface area contributed by atoms with Gasteiger partial charge in [0.05, 0.1) is 19.8 Å². The zero-order valence-corrected chi connectivity index (χ0v) is 34.7. The molecule has 0 spiro atoms. The van der Waals surface area contributed by atoms with Crippen LogP contribution in [0.3, 0.4) is 0 Å². The van der Waals surface area contributed by atoms with E-state index in [4.69, 9.17) is 23.5 Å². The number of allylic oxidation sites excluding steroid dienone is 12. The number of esters is 1. The standard InChI is InChI=1S/C43H72O12S/c1-3-5-7-9-11-13-15-17-19-20-22-24-26-28-30-32-39(45)53-37(35-51-33-31-29-27-25-23-21-18-16-14-12-10-8-6-4-2)36-52-43-41(47)42(55-56(48,49)50)40(46)38(34-44)54-43/h6,8,11-14,17-19,21,25,27,37-38,40-44,46-47H,3-5,7,9-10,15-16,20,22-24,26,28-36H2,1-2H3,(H,48,49,50)/b8-6-,13-11-,14-12-,19-17-,21-18-,27-25-. The van der Waals surface area contributed by atoms with E-state index in [0.717, 1.165) is 83.5 Å². The lowest BCUT2D eigenvalue weighted by Crippen LogP contribution is -2.60. The minimum absolute atomic E-state index is 0.0120. The quantitative estimate of drug-likeness (QED) is 0.0214. The Morgan fingerprint density at radius 2 is 1.23 bits per heavy atom. The number of rotatable bonds is 34. The van der Waals surface area contributed by atoms with Gasteiger partial charge in [-0.05, 0) is 77.0 Å². The third-order valence-electron chi connectivity index (χ3n) is 8.81. The molecule has 12 nitrogen and oxygen atoms in total. The molecule has 13 heteroatoms. The molecule has 6 atom stereocenters. The monoisotopic (exact) mass is 812 g/mol. The number of hydrogen-bond acceptors (Lipinski definition) is 11. The van der Waals surface area contributed by atoms with Gasteiger partial charge in [-0.1, -0.05) is 119 Å². The highest BCUT2D eigenvalue weighted by Crippen LogP contribution is 2.26. The Balaban J connectivity index is 2.54. The van der Waals surface area contributed by atoms with E-state index >= 15 is 0 Å². The molecule has 1 rings (SSSR count).